The summed E-state index contributed by atoms with van der Waals surface area (Å²) in [5.74, 6) is 0. The van der Waals surface area contributed by atoms with Crippen LogP contribution in [0.2, 0.25) is 0 Å². The molecule has 1 saturated carbocycles. The molecule has 2 atom stereocenters. The molecule has 1 amide bonds. The van der Waals surface area contributed by atoms with Gasteiger partial charge in [-0.25, -0.2) is 4.79 Å². The van der Waals surface area contributed by atoms with E-state index in [1.165, 1.54) is 19.3 Å². The van der Waals surface area contributed by atoms with Crippen LogP contribution in [-0.2, 0) is 4.74 Å². The lowest BCUT2D eigenvalue weighted by molar-refractivity contribution is 0.0413. The Bertz CT molecular complexity index is 322. The average molecular weight is 283 g/mol. The minimum absolute atomic E-state index is 0.233. The van der Waals surface area contributed by atoms with Gasteiger partial charge in [0, 0.05) is 38.3 Å². The fraction of sp³-hybridized carbons (Fsp3) is 0.933. The van der Waals surface area contributed by atoms with Gasteiger partial charge in [-0.3, -0.25) is 4.90 Å². The molecule has 2 N–H and O–H groups in total. The van der Waals surface area contributed by atoms with E-state index in [1.807, 2.05) is 20.8 Å². The molecule has 2 rings (SSSR count). The van der Waals surface area contributed by atoms with Crippen molar-refractivity contribution in [1.82, 2.24) is 15.5 Å². The SMILES string of the molecule is CC(C)(C)OC(=O)N[C@H]1CCCC[C@H]1N1CCNCC1. The van der Waals surface area contributed by atoms with Crippen molar-refractivity contribution >= 4 is 6.09 Å². The summed E-state index contributed by atoms with van der Waals surface area (Å²) in [5, 5.41) is 6.49. The standard InChI is InChI=1S/C15H29N3O2/c1-15(2,3)20-14(19)17-12-6-4-5-7-13(12)18-10-8-16-9-11-18/h12-13,16H,4-11H2,1-3H3,(H,17,19)/t12-,13+/m0/s1. The highest BCUT2D eigenvalue weighted by atomic mass is 16.6. The van der Waals surface area contributed by atoms with Crippen molar-refractivity contribution in [2.45, 2.75) is 64.1 Å². The highest BCUT2D eigenvalue weighted by Gasteiger charge is 2.32. The van der Waals surface area contributed by atoms with E-state index in [4.69, 9.17) is 4.74 Å². The lowest BCUT2D eigenvalue weighted by atomic mass is 9.89. The summed E-state index contributed by atoms with van der Waals surface area (Å²) in [6, 6.07) is 0.704. The van der Waals surface area contributed by atoms with E-state index in [0.717, 1.165) is 32.6 Å². The molecule has 0 aromatic carbocycles. The summed E-state index contributed by atoms with van der Waals surface area (Å²) in [6.07, 6.45) is 4.43. The van der Waals surface area contributed by atoms with Crippen molar-refractivity contribution in [3.05, 3.63) is 0 Å². The number of piperazine rings is 1. The number of alkyl carbamates (subject to hydrolysis) is 1. The van der Waals surface area contributed by atoms with Crippen LogP contribution in [0.1, 0.15) is 46.5 Å². The van der Waals surface area contributed by atoms with Crippen LogP contribution in [0.4, 0.5) is 4.79 Å². The zero-order chi connectivity index (χ0) is 14.6. The van der Waals surface area contributed by atoms with Crippen molar-refractivity contribution in [3.63, 3.8) is 0 Å². The van der Waals surface area contributed by atoms with Gasteiger partial charge in [0.05, 0.1) is 0 Å². The van der Waals surface area contributed by atoms with E-state index in [-0.39, 0.29) is 12.1 Å². The number of nitrogens with zero attached hydrogens (tertiary/aromatic N) is 1. The number of amides is 1. The first-order valence-electron chi connectivity index (χ1n) is 7.90. The van der Waals surface area contributed by atoms with Crippen molar-refractivity contribution in [2.24, 2.45) is 0 Å². The number of carbonyl (C=O) groups excluding carboxylic acids is 1. The van der Waals surface area contributed by atoms with E-state index in [1.54, 1.807) is 0 Å². The number of hydrogen-bond acceptors (Lipinski definition) is 4. The minimum Gasteiger partial charge on any atom is -0.444 e. The third-order valence-corrected chi connectivity index (χ3v) is 4.05. The highest BCUT2D eigenvalue weighted by molar-refractivity contribution is 5.68. The van der Waals surface area contributed by atoms with Crippen LogP contribution in [0.25, 0.3) is 0 Å². The first-order valence-corrected chi connectivity index (χ1v) is 7.90. The summed E-state index contributed by atoms with van der Waals surface area (Å²) in [4.78, 5) is 14.5. The maximum Gasteiger partial charge on any atom is 0.407 e. The second kappa shape index (κ2) is 6.76. The molecule has 0 bridgehead atoms. The monoisotopic (exact) mass is 283 g/mol. The van der Waals surface area contributed by atoms with Gasteiger partial charge in [-0.15, -0.1) is 0 Å². The molecule has 2 aliphatic rings. The molecule has 0 unspecified atom stereocenters. The van der Waals surface area contributed by atoms with Crippen molar-refractivity contribution in [3.8, 4) is 0 Å². The average Bonchev–Trinajstić information content (AvgIpc) is 2.38. The molecule has 2 fully saturated rings. The lowest BCUT2D eigenvalue weighted by Gasteiger charge is -2.42. The van der Waals surface area contributed by atoms with E-state index >= 15 is 0 Å². The Labute approximate surface area is 122 Å². The van der Waals surface area contributed by atoms with Gasteiger partial charge in [0.2, 0.25) is 0 Å². The third kappa shape index (κ3) is 4.63. The summed E-state index contributed by atoms with van der Waals surface area (Å²) in [6.45, 7) is 9.98. The summed E-state index contributed by atoms with van der Waals surface area (Å²) in [5.41, 5.74) is -0.427. The predicted octanol–water partition coefficient (Wildman–Crippen LogP) is 1.73. The lowest BCUT2D eigenvalue weighted by Crippen LogP contribution is -2.58. The Morgan fingerprint density at radius 3 is 2.50 bits per heavy atom. The van der Waals surface area contributed by atoms with Gasteiger partial charge in [-0.2, -0.15) is 0 Å². The molecule has 116 valence electrons. The van der Waals surface area contributed by atoms with Crippen molar-refractivity contribution in [2.75, 3.05) is 26.2 Å². The summed E-state index contributed by atoms with van der Waals surface area (Å²) in [7, 11) is 0. The summed E-state index contributed by atoms with van der Waals surface area (Å²) < 4.78 is 5.40. The van der Waals surface area contributed by atoms with Gasteiger partial charge in [0.25, 0.3) is 0 Å². The number of ether oxygens (including phenoxy) is 1. The van der Waals surface area contributed by atoms with Gasteiger partial charge in [0.1, 0.15) is 5.60 Å². The maximum atomic E-state index is 12.0. The van der Waals surface area contributed by atoms with Gasteiger partial charge in [-0.05, 0) is 33.6 Å². The number of rotatable bonds is 2. The second-order valence-corrected chi connectivity index (χ2v) is 6.89. The van der Waals surface area contributed by atoms with Crippen LogP contribution in [0.5, 0.6) is 0 Å². The molecule has 1 aliphatic carbocycles. The van der Waals surface area contributed by atoms with E-state index in [0.29, 0.717) is 6.04 Å². The normalized spacial score (nSPS) is 28.9. The smallest absolute Gasteiger partial charge is 0.407 e. The molecular weight excluding hydrogens is 254 g/mol. The second-order valence-electron chi connectivity index (χ2n) is 6.89. The van der Waals surface area contributed by atoms with Gasteiger partial charge < -0.3 is 15.4 Å². The third-order valence-electron chi connectivity index (χ3n) is 4.05. The fourth-order valence-corrected chi connectivity index (χ4v) is 3.19. The van der Waals surface area contributed by atoms with E-state index < -0.39 is 5.60 Å². The predicted molar refractivity (Wildman–Crippen MR) is 79.9 cm³/mol. The Morgan fingerprint density at radius 1 is 1.20 bits per heavy atom. The molecule has 0 spiro atoms. The Kier molecular flexibility index (Phi) is 5.27. The Hall–Kier alpha value is -0.810. The van der Waals surface area contributed by atoms with E-state index in [9.17, 15) is 4.79 Å². The van der Waals surface area contributed by atoms with Crippen molar-refractivity contribution < 1.29 is 9.53 Å². The fourth-order valence-electron chi connectivity index (χ4n) is 3.19. The number of carbonyl (C=O) groups is 1. The van der Waals surface area contributed by atoms with Gasteiger partial charge in [-0.1, -0.05) is 12.8 Å². The first kappa shape index (κ1) is 15.6. The largest absolute Gasteiger partial charge is 0.444 e. The number of hydrogen-bond donors (Lipinski definition) is 2. The molecule has 0 aromatic rings. The van der Waals surface area contributed by atoms with Crippen LogP contribution in [-0.4, -0.2) is 54.9 Å². The van der Waals surface area contributed by atoms with Crippen LogP contribution in [0.15, 0.2) is 0 Å². The molecule has 0 aromatic heterocycles. The minimum atomic E-state index is -0.427. The number of nitrogens with one attached hydrogen (secondary N) is 2. The zero-order valence-electron chi connectivity index (χ0n) is 13.1. The molecule has 5 nitrogen and oxygen atoms in total. The highest BCUT2D eigenvalue weighted by Crippen LogP contribution is 2.24. The van der Waals surface area contributed by atoms with Crippen LogP contribution in [0, 0.1) is 0 Å². The topological polar surface area (TPSA) is 53.6 Å². The van der Waals surface area contributed by atoms with Crippen LogP contribution < -0.4 is 10.6 Å². The zero-order valence-corrected chi connectivity index (χ0v) is 13.1. The molecule has 1 aliphatic heterocycles. The van der Waals surface area contributed by atoms with Crippen molar-refractivity contribution in [1.29, 1.82) is 0 Å². The Morgan fingerprint density at radius 2 is 1.85 bits per heavy atom. The van der Waals surface area contributed by atoms with Crippen LogP contribution >= 0.6 is 0 Å². The molecule has 1 heterocycles. The molecule has 20 heavy (non-hydrogen) atoms. The Balaban J connectivity index is 1.91. The van der Waals surface area contributed by atoms with E-state index in [2.05, 4.69) is 15.5 Å². The van der Waals surface area contributed by atoms with Gasteiger partial charge in [0.15, 0.2) is 0 Å². The van der Waals surface area contributed by atoms with Crippen LogP contribution in [0.3, 0.4) is 0 Å². The summed E-state index contributed by atoms with van der Waals surface area (Å²) >= 11 is 0. The maximum absolute atomic E-state index is 12.0. The first-order chi connectivity index (χ1) is 9.46. The molecular formula is C15H29N3O2. The quantitative estimate of drug-likeness (QED) is 0.810. The molecule has 5 heteroatoms. The molecule has 0 radical (unpaired) electrons. The van der Waals surface area contributed by atoms with Gasteiger partial charge >= 0.3 is 6.09 Å². The molecule has 1 saturated heterocycles.